The monoisotopic (exact) mass is 339 g/mol. The Hall–Kier alpha value is -3.12. The predicted molar refractivity (Wildman–Crippen MR) is 94.2 cm³/mol. The van der Waals surface area contributed by atoms with Gasteiger partial charge in [-0.05, 0) is 48.4 Å². The number of nitrogens with two attached hydrogens (primary N) is 1. The Bertz CT molecular complexity index is 857. The Kier molecular flexibility index (Phi) is 4.81. The van der Waals surface area contributed by atoms with Crippen molar-refractivity contribution in [3.8, 4) is 11.1 Å². The van der Waals surface area contributed by atoms with E-state index in [1.54, 1.807) is 18.2 Å². The fourth-order valence-corrected chi connectivity index (χ4v) is 2.61. The van der Waals surface area contributed by atoms with Gasteiger partial charge in [-0.15, -0.1) is 0 Å². The number of benzene rings is 2. The molecule has 25 heavy (non-hydrogen) atoms. The molecule has 3 aromatic rings. The second-order valence-corrected chi connectivity index (χ2v) is 5.63. The van der Waals surface area contributed by atoms with Crippen molar-refractivity contribution in [1.82, 2.24) is 5.43 Å². The molecule has 0 radical (unpaired) electrons. The van der Waals surface area contributed by atoms with Crippen LogP contribution in [0.25, 0.3) is 11.1 Å². The highest BCUT2D eigenvalue weighted by Crippen LogP contribution is 2.27. The third-order valence-corrected chi connectivity index (χ3v) is 3.95. The summed E-state index contributed by atoms with van der Waals surface area (Å²) in [5.41, 5.74) is 5.47. The maximum Gasteiger partial charge on any atom is 0.301 e. The van der Waals surface area contributed by atoms with Crippen LogP contribution in [0.2, 0.25) is 0 Å². The zero-order chi connectivity index (χ0) is 17.8. The molecule has 0 spiro atoms. The lowest BCUT2D eigenvalue weighted by Crippen LogP contribution is -2.29. The SMILES string of the molecule is CC(Nc1ccc(-c2ccoc2C(=O)NN)cc1)c1ccc(F)cc1. The smallest absolute Gasteiger partial charge is 0.301 e. The van der Waals surface area contributed by atoms with Crippen LogP contribution in [-0.2, 0) is 0 Å². The molecule has 0 aliphatic heterocycles. The van der Waals surface area contributed by atoms with E-state index in [-0.39, 0.29) is 17.6 Å². The van der Waals surface area contributed by atoms with Crippen molar-refractivity contribution in [1.29, 1.82) is 0 Å². The summed E-state index contributed by atoms with van der Waals surface area (Å²) in [6.45, 7) is 2.00. The minimum atomic E-state index is -0.480. The van der Waals surface area contributed by atoms with Gasteiger partial charge in [-0.1, -0.05) is 24.3 Å². The van der Waals surface area contributed by atoms with Crippen LogP contribution in [0.5, 0.6) is 0 Å². The third-order valence-electron chi connectivity index (χ3n) is 3.95. The molecule has 0 aliphatic rings. The van der Waals surface area contributed by atoms with Gasteiger partial charge in [0, 0.05) is 17.3 Å². The van der Waals surface area contributed by atoms with Crippen LogP contribution in [0.1, 0.15) is 29.1 Å². The zero-order valence-corrected chi connectivity index (χ0v) is 13.6. The molecule has 1 aromatic heterocycles. The maximum absolute atomic E-state index is 13.0. The first-order valence-electron chi connectivity index (χ1n) is 7.79. The van der Waals surface area contributed by atoms with Crippen molar-refractivity contribution >= 4 is 11.6 Å². The number of hydrazine groups is 1. The molecular formula is C19H18FN3O2. The summed E-state index contributed by atoms with van der Waals surface area (Å²) in [7, 11) is 0. The Balaban J connectivity index is 1.75. The summed E-state index contributed by atoms with van der Waals surface area (Å²) < 4.78 is 18.2. The molecule has 1 atom stereocenters. The van der Waals surface area contributed by atoms with E-state index in [1.165, 1.54) is 18.4 Å². The summed E-state index contributed by atoms with van der Waals surface area (Å²) >= 11 is 0. The van der Waals surface area contributed by atoms with E-state index in [0.29, 0.717) is 5.56 Å². The van der Waals surface area contributed by atoms with Crippen LogP contribution in [0.3, 0.4) is 0 Å². The molecule has 3 rings (SSSR count). The van der Waals surface area contributed by atoms with E-state index in [4.69, 9.17) is 10.3 Å². The molecule has 6 heteroatoms. The first-order chi connectivity index (χ1) is 12.1. The van der Waals surface area contributed by atoms with E-state index in [0.717, 1.165) is 16.8 Å². The quantitative estimate of drug-likeness (QED) is 0.374. The number of carbonyl (C=O) groups is 1. The average molecular weight is 339 g/mol. The average Bonchev–Trinajstić information content (AvgIpc) is 3.12. The molecule has 1 amide bonds. The number of carbonyl (C=O) groups excluding carboxylic acids is 1. The van der Waals surface area contributed by atoms with Crippen molar-refractivity contribution in [2.75, 3.05) is 5.32 Å². The largest absolute Gasteiger partial charge is 0.458 e. The van der Waals surface area contributed by atoms with Gasteiger partial charge in [-0.3, -0.25) is 10.2 Å². The summed E-state index contributed by atoms with van der Waals surface area (Å²) in [5, 5.41) is 3.35. The summed E-state index contributed by atoms with van der Waals surface area (Å²) in [6, 6.07) is 15.7. The molecule has 0 saturated carbocycles. The van der Waals surface area contributed by atoms with Crippen LogP contribution in [0.15, 0.2) is 65.3 Å². The van der Waals surface area contributed by atoms with Gasteiger partial charge in [0.05, 0.1) is 6.26 Å². The van der Waals surface area contributed by atoms with Crippen molar-refractivity contribution in [3.05, 3.63) is 78.0 Å². The lowest BCUT2D eigenvalue weighted by Gasteiger charge is -2.16. The number of nitrogens with one attached hydrogen (secondary N) is 2. The van der Waals surface area contributed by atoms with Gasteiger partial charge >= 0.3 is 5.91 Å². The van der Waals surface area contributed by atoms with E-state index in [9.17, 15) is 9.18 Å². The molecule has 0 bridgehead atoms. The van der Waals surface area contributed by atoms with E-state index >= 15 is 0 Å². The molecule has 1 heterocycles. The van der Waals surface area contributed by atoms with Gasteiger partial charge in [-0.2, -0.15) is 0 Å². The Morgan fingerprint density at radius 2 is 1.76 bits per heavy atom. The lowest BCUT2D eigenvalue weighted by molar-refractivity contribution is 0.0927. The van der Waals surface area contributed by atoms with Gasteiger partial charge in [0.2, 0.25) is 0 Å². The number of rotatable bonds is 5. The number of nitrogen functional groups attached to an aromatic ring is 1. The van der Waals surface area contributed by atoms with E-state index in [2.05, 4.69) is 10.7 Å². The summed E-state index contributed by atoms with van der Waals surface area (Å²) in [5.74, 6) is 4.60. The standard InChI is InChI=1S/C19H18FN3O2/c1-12(13-2-6-15(20)7-3-13)22-16-8-4-14(5-9-16)17-10-11-25-18(17)19(24)23-21/h2-12,22H,21H2,1H3,(H,23,24). The fraction of sp³-hybridized carbons (Fsp3) is 0.105. The number of hydrogen-bond donors (Lipinski definition) is 3. The molecule has 1 unspecified atom stereocenters. The highest BCUT2D eigenvalue weighted by molar-refractivity contribution is 5.97. The fourth-order valence-electron chi connectivity index (χ4n) is 2.61. The minimum absolute atomic E-state index is 0.0268. The van der Waals surface area contributed by atoms with E-state index < -0.39 is 5.91 Å². The van der Waals surface area contributed by atoms with Crippen molar-refractivity contribution in [2.24, 2.45) is 5.84 Å². The Labute approximate surface area is 144 Å². The Morgan fingerprint density at radius 1 is 1.08 bits per heavy atom. The molecule has 2 aromatic carbocycles. The molecule has 0 saturated heterocycles. The van der Waals surface area contributed by atoms with Gasteiger partial charge < -0.3 is 9.73 Å². The van der Waals surface area contributed by atoms with Crippen LogP contribution in [0, 0.1) is 5.82 Å². The van der Waals surface area contributed by atoms with Gasteiger partial charge in [0.1, 0.15) is 5.82 Å². The van der Waals surface area contributed by atoms with Gasteiger partial charge in [-0.25, -0.2) is 10.2 Å². The molecular weight excluding hydrogens is 321 g/mol. The van der Waals surface area contributed by atoms with Gasteiger partial charge in [0.25, 0.3) is 0 Å². The zero-order valence-electron chi connectivity index (χ0n) is 13.6. The summed E-state index contributed by atoms with van der Waals surface area (Å²) in [4.78, 5) is 11.7. The number of amides is 1. The van der Waals surface area contributed by atoms with E-state index in [1.807, 2.05) is 31.2 Å². The van der Waals surface area contributed by atoms with Crippen molar-refractivity contribution in [2.45, 2.75) is 13.0 Å². The lowest BCUT2D eigenvalue weighted by atomic mass is 10.0. The first kappa shape index (κ1) is 16.7. The van der Waals surface area contributed by atoms with Crippen LogP contribution in [-0.4, -0.2) is 5.91 Å². The summed E-state index contributed by atoms with van der Waals surface area (Å²) in [6.07, 6.45) is 1.45. The molecule has 4 N–H and O–H groups in total. The van der Waals surface area contributed by atoms with Crippen LogP contribution >= 0.6 is 0 Å². The molecule has 0 fully saturated rings. The Morgan fingerprint density at radius 3 is 2.40 bits per heavy atom. The maximum atomic E-state index is 13.0. The normalized spacial score (nSPS) is 11.8. The minimum Gasteiger partial charge on any atom is -0.458 e. The van der Waals surface area contributed by atoms with Crippen molar-refractivity contribution in [3.63, 3.8) is 0 Å². The predicted octanol–water partition coefficient (Wildman–Crippen LogP) is 3.86. The molecule has 0 aliphatic carbocycles. The number of furan rings is 1. The second-order valence-electron chi connectivity index (χ2n) is 5.63. The van der Waals surface area contributed by atoms with Crippen molar-refractivity contribution < 1.29 is 13.6 Å². The highest BCUT2D eigenvalue weighted by Gasteiger charge is 2.15. The molecule has 128 valence electrons. The molecule has 5 nitrogen and oxygen atoms in total. The second kappa shape index (κ2) is 7.19. The van der Waals surface area contributed by atoms with Gasteiger partial charge in [0.15, 0.2) is 5.76 Å². The third kappa shape index (κ3) is 3.70. The first-order valence-corrected chi connectivity index (χ1v) is 7.79. The number of anilines is 1. The number of hydrogen-bond acceptors (Lipinski definition) is 4. The van der Waals surface area contributed by atoms with Crippen LogP contribution < -0.4 is 16.6 Å². The number of halogens is 1. The highest BCUT2D eigenvalue weighted by atomic mass is 19.1. The van der Waals surface area contributed by atoms with Crippen LogP contribution in [0.4, 0.5) is 10.1 Å². The topological polar surface area (TPSA) is 80.3 Å².